The third-order valence-corrected chi connectivity index (χ3v) is 3.27. The molecular formula is C13H21N3. The third-order valence-electron chi connectivity index (χ3n) is 3.27. The van der Waals surface area contributed by atoms with Gasteiger partial charge in [0.05, 0.1) is 0 Å². The van der Waals surface area contributed by atoms with Crippen molar-refractivity contribution in [1.82, 2.24) is 15.2 Å². The zero-order valence-corrected chi connectivity index (χ0v) is 10.2. The van der Waals surface area contributed by atoms with Gasteiger partial charge in [-0.05, 0) is 44.0 Å². The average Bonchev–Trinajstić information content (AvgIpc) is 3.10. The maximum Gasteiger partial charge on any atom is 0.0315 e. The number of nitrogens with one attached hydrogen (secondary N) is 1. The van der Waals surface area contributed by atoms with Crippen molar-refractivity contribution in [3.05, 3.63) is 29.6 Å². The highest BCUT2D eigenvalue weighted by atomic mass is 15.2. The summed E-state index contributed by atoms with van der Waals surface area (Å²) >= 11 is 0. The van der Waals surface area contributed by atoms with Crippen molar-refractivity contribution in [2.75, 3.05) is 20.1 Å². The van der Waals surface area contributed by atoms with E-state index in [0.717, 1.165) is 25.7 Å². The van der Waals surface area contributed by atoms with Crippen molar-refractivity contribution in [3.63, 3.8) is 0 Å². The summed E-state index contributed by atoms with van der Waals surface area (Å²) in [5, 5.41) is 3.47. The van der Waals surface area contributed by atoms with E-state index in [0.29, 0.717) is 0 Å². The Bertz CT molecular complexity index is 334. The molecule has 3 heteroatoms. The largest absolute Gasteiger partial charge is 0.311 e. The highest BCUT2D eigenvalue weighted by Gasteiger charge is 2.25. The number of hydrogen-bond acceptors (Lipinski definition) is 3. The quantitative estimate of drug-likeness (QED) is 0.736. The van der Waals surface area contributed by atoms with E-state index in [4.69, 9.17) is 0 Å². The molecule has 0 spiro atoms. The van der Waals surface area contributed by atoms with Gasteiger partial charge in [0, 0.05) is 38.1 Å². The van der Waals surface area contributed by atoms with Gasteiger partial charge < -0.3 is 10.2 Å². The van der Waals surface area contributed by atoms with Gasteiger partial charge in [-0.25, -0.2) is 0 Å². The molecule has 1 aromatic rings. The Hall–Kier alpha value is -0.930. The first-order valence-corrected chi connectivity index (χ1v) is 6.08. The normalized spacial score (nSPS) is 15.7. The first-order valence-electron chi connectivity index (χ1n) is 6.08. The Labute approximate surface area is 97.9 Å². The summed E-state index contributed by atoms with van der Waals surface area (Å²) in [6.45, 7) is 5.26. The van der Waals surface area contributed by atoms with Gasteiger partial charge in [-0.2, -0.15) is 0 Å². The van der Waals surface area contributed by atoms with Gasteiger partial charge in [0.25, 0.3) is 0 Å². The molecule has 0 amide bonds. The van der Waals surface area contributed by atoms with Gasteiger partial charge in [-0.15, -0.1) is 0 Å². The van der Waals surface area contributed by atoms with Crippen LogP contribution < -0.4 is 5.32 Å². The fraction of sp³-hybridized carbons (Fsp3) is 0.615. The van der Waals surface area contributed by atoms with Gasteiger partial charge in [-0.1, -0.05) is 0 Å². The highest BCUT2D eigenvalue weighted by Crippen LogP contribution is 2.24. The maximum absolute atomic E-state index is 4.15. The lowest BCUT2D eigenvalue weighted by atomic mass is 10.1. The summed E-state index contributed by atoms with van der Waals surface area (Å²) in [6, 6.07) is 2.93. The molecule has 0 aromatic carbocycles. The predicted octanol–water partition coefficient (Wildman–Crippen LogP) is 1.57. The van der Waals surface area contributed by atoms with E-state index in [1.807, 2.05) is 12.4 Å². The maximum atomic E-state index is 4.15. The molecule has 1 heterocycles. The topological polar surface area (TPSA) is 28.2 Å². The second-order valence-electron chi connectivity index (χ2n) is 4.69. The highest BCUT2D eigenvalue weighted by molar-refractivity contribution is 5.20. The molecule has 0 saturated heterocycles. The van der Waals surface area contributed by atoms with Crippen LogP contribution in [0.3, 0.4) is 0 Å². The van der Waals surface area contributed by atoms with Crippen LogP contribution in [0, 0.1) is 6.92 Å². The van der Waals surface area contributed by atoms with Crippen LogP contribution in [0.2, 0.25) is 0 Å². The first kappa shape index (κ1) is 11.6. The van der Waals surface area contributed by atoms with Gasteiger partial charge >= 0.3 is 0 Å². The summed E-state index contributed by atoms with van der Waals surface area (Å²) in [5.74, 6) is 0. The molecule has 0 bridgehead atoms. The van der Waals surface area contributed by atoms with Crippen LogP contribution in [0.25, 0.3) is 0 Å². The van der Waals surface area contributed by atoms with E-state index in [1.165, 1.54) is 24.0 Å². The van der Waals surface area contributed by atoms with Gasteiger partial charge in [0.1, 0.15) is 0 Å². The van der Waals surface area contributed by atoms with Crippen LogP contribution >= 0.6 is 0 Å². The molecule has 0 aliphatic heterocycles. The summed E-state index contributed by atoms with van der Waals surface area (Å²) in [6.07, 6.45) is 6.57. The Kier molecular flexibility index (Phi) is 3.91. The molecule has 1 fully saturated rings. The number of rotatable bonds is 6. The Morgan fingerprint density at radius 2 is 2.31 bits per heavy atom. The van der Waals surface area contributed by atoms with E-state index < -0.39 is 0 Å². The number of hydrogen-bond donors (Lipinski definition) is 1. The average molecular weight is 219 g/mol. The molecule has 1 N–H and O–H groups in total. The van der Waals surface area contributed by atoms with Crippen LogP contribution in [0.1, 0.15) is 24.0 Å². The molecule has 0 unspecified atom stereocenters. The van der Waals surface area contributed by atoms with Crippen LogP contribution in [-0.2, 0) is 6.54 Å². The van der Waals surface area contributed by atoms with E-state index >= 15 is 0 Å². The fourth-order valence-corrected chi connectivity index (χ4v) is 1.86. The number of aryl methyl sites for hydroxylation is 1. The smallest absolute Gasteiger partial charge is 0.0315 e. The second-order valence-corrected chi connectivity index (χ2v) is 4.69. The summed E-state index contributed by atoms with van der Waals surface area (Å²) in [4.78, 5) is 6.59. The molecule has 1 aliphatic rings. The molecule has 1 aromatic heterocycles. The molecule has 2 rings (SSSR count). The zero-order chi connectivity index (χ0) is 11.4. The lowest BCUT2D eigenvalue weighted by Crippen LogP contribution is -2.30. The number of pyridine rings is 1. The van der Waals surface area contributed by atoms with Crippen molar-refractivity contribution < 1.29 is 0 Å². The summed E-state index contributed by atoms with van der Waals surface area (Å²) < 4.78 is 0. The molecule has 3 nitrogen and oxygen atoms in total. The van der Waals surface area contributed by atoms with Crippen molar-refractivity contribution in [3.8, 4) is 0 Å². The molecule has 0 atom stereocenters. The van der Waals surface area contributed by atoms with Crippen molar-refractivity contribution in [2.24, 2.45) is 0 Å². The Morgan fingerprint density at radius 1 is 1.50 bits per heavy atom. The number of nitrogens with zero attached hydrogens (tertiary/aromatic N) is 2. The van der Waals surface area contributed by atoms with E-state index in [9.17, 15) is 0 Å². The summed E-state index contributed by atoms with van der Waals surface area (Å²) in [7, 11) is 2.22. The second kappa shape index (κ2) is 5.41. The SMILES string of the molecule is Cc1ccncc1CNCCN(C)C1CC1. The van der Waals surface area contributed by atoms with Gasteiger partial charge in [0.2, 0.25) is 0 Å². The molecule has 1 saturated carbocycles. The minimum atomic E-state index is 0.863. The van der Waals surface area contributed by atoms with Crippen molar-refractivity contribution in [1.29, 1.82) is 0 Å². The van der Waals surface area contributed by atoms with Crippen LogP contribution in [0.4, 0.5) is 0 Å². The number of aromatic nitrogens is 1. The molecule has 0 radical (unpaired) electrons. The van der Waals surface area contributed by atoms with Crippen LogP contribution in [0.5, 0.6) is 0 Å². The minimum Gasteiger partial charge on any atom is -0.311 e. The summed E-state index contributed by atoms with van der Waals surface area (Å²) in [5.41, 5.74) is 2.62. The van der Waals surface area contributed by atoms with Crippen LogP contribution in [0.15, 0.2) is 18.5 Å². The Morgan fingerprint density at radius 3 is 3.00 bits per heavy atom. The zero-order valence-electron chi connectivity index (χ0n) is 10.2. The van der Waals surface area contributed by atoms with Gasteiger partial charge in [-0.3, -0.25) is 4.98 Å². The van der Waals surface area contributed by atoms with Crippen molar-refractivity contribution in [2.45, 2.75) is 32.4 Å². The van der Waals surface area contributed by atoms with E-state index in [1.54, 1.807) is 0 Å². The molecule has 1 aliphatic carbocycles. The van der Waals surface area contributed by atoms with E-state index in [2.05, 4.69) is 35.2 Å². The lowest BCUT2D eigenvalue weighted by molar-refractivity contribution is 0.321. The molecular weight excluding hydrogens is 198 g/mol. The monoisotopic (exact) mass is 219 g/mol. The Balaban J connectivity index is 1.66. The number of likely N-dealkylation sites (N-methyl/N-ethyl adjacent to an activating group) is 1. The van der Waals surface area contributed by atoms with Crippen LogP contribution in [-0.4, -0.2) is 36.1 Å². The van der Waals surface area contributed by atoms with Gasteiger partial charge in [0.15, 0.2) is 0 Å². The lowest BCUT2D eigenvalue weighted by Gasteiger charge is -2.15. The van der Waals surface area contributed by atoms with Crippen molar-refractivity contribution >= 4 is 0 Å². The fourth-order valence-electron chi connectivity index (χ4n) is 1.86. The molecule has 88 valence electrons. The third kappa shape index (κ3) is 3.29. The first-order chi connectivity index (χ1) is 7.77. The molecule has 16 heavy (non-hydrogen) atoms. The van der Waals surface area contributed by atoms with E-state index in [-0.39, 0.29) is 0 Å². The minimum absolute atomic E-state index is 0.863. The predicted molar refractivity (Wildman–Crippen MR) is 66.3 cm³/mol. The standard InChI is InChI=1S/C13H21N3/c1-11-5-6-14-9-12(11)10-15-7-8-16(2)13-3-4-13/h5-6,9,13,15H,3-4,7-8,10H2,1-2H3.